The van der Waals surface area contributed by atoms with Crippen LogP contribution in [0.4, 0.5) is 4.39 Å². The van der Waals surface area contributed by atoms with Gasteiger partial charge in [-0.3, -0.25) is 0 Å². The number of rotatable bonds is 5. The number of alkyl halides is 1. The van der Waals surface area contributed by atoms with Crippen molar-refractivity contribution in [3.8, 4) is 0 Å². The summed E-state index contributed by atoms with van der Waals surface area (Å²) in [6, 6.07) is 3.46. The molecule has 1 aromatic heterocycles. The van der Waals surface area contributed by atoms with Gasteiger partial charge >= 0.3 is 0 Å². The second-order valence-corrected chi connectivity index (χ2v) is 7.56. The zero-order valence-corrected chi connectivity index (χ0v) is 15.0. The van der Waals surface area contributed by atoms with Gasteiger partial charge in [-0.2, -0.15) is 0 Å². The molecule has 3 rings (SSSR count). The summed E-state index contributed by atoms with van der Waals surface area (Å²) in [4.78, 5) is 4.69. The molecule has 114 valence electrons. The second-order valence-electron chi connectivity index (χ2n) is 6.02. The van der Waals surface area contributed by atoms with Crippen molar-refractivity contribution >= 4 is 45.2 Å². The van der Waals surface area contributed by atoms with Crippen LogP contribution in [-0.2, 0) is 13.0 Å². The lowest BCUT2D eigenvalue weighted by atomic mass is 9.67. The molecule has 0 spiro atoms. The van der Waals surface area contributed by atoms with Crippen molar-refractivity contribution in [1.82, 2.24) is 9.55 Å². The summed E-state index contributed by atoms with van der Waals surface area (Å²) in [5.41, 5.74) is 2.16. The van der Waals surface area contributed by atoms with Gasteiger partial charge in [0.15, 0.2) is 0 Å². The van der Waals surface area contributed by atoms with Gasteiger partial charge < -0.3 is 4.57 Å². The zero-order chi connectivity index (χ0) is 15.0. The van der Waals surface area contributed by atoms with Crippen LogP contribution in [0.1, 0.15) is 38.4 Å². The Hall–Kier alpha value is -0.360. The Labute approximate surface area is 143 Å². The largest absolute Gasteiger partial charge is 0.327 e. The molecule has 0 radical (unpaired) electrons. The van der Waals surface area contributed by atoms with E-state index < -0.39 is 0 Å². The standard InChI is InChI=1S/C16H19ClFIN2/c1-2-16(5-3-6-16)10-21-14-8-11(18)12(19)9-13(14)20-15(21)4-7-17/h8-9H,2-7,10H2,1H3. The molecule has 0 N–H and O–H groups in total. The van der Waals surface area contributed by atoms with E-state index >= 15 is 0 Å². The van der Waals surface area contributed by atoms with Crippen molar-refractivity contribution in [3.05, 3.63) is 27.3 Å². The van der Waals surface area contributed by atoms with Gasteiger partial charge in [0.2, 0.25) is 0 Å². The molecule has 1 heterocycles. The Bertz CT molecular complexity index is 658. The highest BCUT2D eigenvalue weighted by Gasteiger charge is 2.36. The lowest BCUT2D eigenvalue weighted by molar-refractivity contribution is 0.101. The van der Waals surface area contributed by atoms with E-state index in [2.05, 4.69) is 16.5 Å². The van der Waals surface area contributed by atoms with Crippen LogP contribution in [0.25, 0.3) is 11.0 Å². The van der Waals surface area contributed by atoms with E-state index in [1.54, 1.807) is 6.07 Å². The summed E-state index contributed by atoms with van der Waals surface area (Å²) in [5.74, 6) is 1.36. The molecule has 0 atom stereocenters. The van der Waals surface area contributed by atoms with Gasteiger partial charge in [0.25, 0.3) is 0 Å². The summed E-state index contributed by atoms with van der Waals surface area (Å²) in [6.45, 7) is 3.19. The molecule has 5 heteroatoms. The van der Waals surface area contributed by atoms with Crippen LogP contribution >= 0.6 is 34.2 Å². The minimum atomic E-state index is -0.166. The van der Waals surface area contributed by atoms with Gasteiger partial charge in [-0.25, -0.2) is 9.37 Å². The van der Waals surface area contributed by atoms with Gasteiger partial charge in [-0.05, 0) is 53.3 Å². The zero-order valence-electron chi connectivity index (χ0n) is 12.1. The SMILES string of the molecule is CCC1(Cn2c(CCCl)nc3cc(I)c(F)cc32)CCC1. The molecule has 0 saturated heterocycles. The molecule has 1 fully saturated rings. The molecule has 2 nitrogen and oxygen atoms in total. The third-order valence-corrected chi connectivity index (χ3v) is 5.86. The minimum Gasteiger partial charge on any atom is -0.327 e. The van der Waals surface area contributed by atoms with Crippen molar-refractivity contribution in [3.63, 3.8) is 0 Å². The number of hydrogen-bond acceptors (Lipinski definition) is 1. The van der Waals surface area contributed by atoms with Gasteiger partial charge in [0.1, 0.15) is 11.6 Å². The number of nitrogens with zero attached hydrogens (tertiary/aromatic N) is 2. The summed E-state index contributed by atoms with van der Waals surface area (Å²) in [5, 5.41) is 0. The van der Waals surface area contributed by atoms with E-state index in [-0.39, 0.29) is 5.82 Å². The van der Waals surface area contributed by atoms with Crippen LogP contribution < -0.4 is 0 Å². The van der Waals surface area contributed by atoms with Gasteiger partial charge in [-0.15, -0.1) is 11.6 Å². The molecule has 1 aromatic carbocycles. The van der Waals surface area contributed by atoms with Gasteiger partial charge in [-0.1, -0.05) is 13.3 Å². The van der Waals surface area contributed by atoms with E-state index in [4.69, 9.17) is 11.6 Å². The molecule has 1 aliphatic rings. The topological polar surface area (TPSA) is 17.8 Å². The van der Waals surface area contributed by atoms with E-state index in [0.717, 1.165) is 29.8 Å². The highest BCUT2D eigenvalue weighted by Crippen LogP contribution is 2.46. The molecule has 0 unspecified atom stereocenters. The number of fused-ring (bicyclic) bond motifs is 1. The number of imidazole rings is 1. The number of aromatic nitrogens is 2. The molecule has 0 amide bonds. The van der Waals surface area contributed by atoms with E-state index in [1.165, 1.54) is 25.7 Å². The van der Waals surface area contributed by atoms with Crippen LogP contribution in [0.5, 0.6) is 0 Å². The Morgan fingerprint density at radius 2 is 2.19 bits per heavy atom. The molecule has 21 heavy (non-hydrogen) atoms. The van der Waals surface area contributed by atoms with Crippen LogP contribution in [0, 0.1) is 14.8 Å². The van der Waals surface area contributed by atoms with E-state index in [0.29, 0.717) is 14.9 Å². The third-order valence-electron chi connectivity index (χ3n) is 4.85. The first-order chi connectivity index (χ1) is 10.1. The van der Waals surface area contributed by atoms with E-state index in [9.17, 15) is 4.39 Å². The average molecular weight is 421 g/mol. The van der Waals surface area contributed by atoms with Crippen molar-refractivity contribution in [2.75, 3.05) is 5.88 Å². The number of aryl methyl sites for hydroxylation is 1. The maximum Gasteiger partial charge on any atom is 0.138 e. The molecule has 1 aliphatic carbocycles. The lowest BCUT2D eigenvalue weighted by Crippen LogP contribution is -2.34. The maximum atomic E-state index is 14.0. The van der Waals surface area contributed by atoms with Crippen molar-refractivity contribution in [2.24, 2.45) is 5.41 Å². The normalized spacial score (nSPS) is 17.1. The number of hydrogen-bond donors (Lipinski definition) is 0. The summed E-state index contributed by atoms with van der Waals surface area (Å²) in [7, 11) is 0. The quantitative estimate of drug-likeness (QED) is 0.484. The van der Waals surface area contributed by atoms with Gasteiger partial charge in [0.05, 0.1) is 14.6 Å². The minimum absolute atomic E-state index is 0.166. The Balaban J connectivity index is 2.09. The first-order valence-electron chi connectivity index (χ1n) is 7.49. The van der Waals surface area contributed by atoms with Crippen molar-refractivity contribution in [1.29, 1.82) is 0 Å². The Morgan fingerprint density at radius 1 is 1.43 bits per heavy atom. The maximum absolute atomic E-state index is 14.0. The molecule has 0 bridgehead atoms. The first kappa shape index (κ1) is 15.5. The Kier molecular flexibility index (Phi) is 4.46. The fourth-order valence-corrected chi connectivity index (χ4v) is 3.88. The van der Waals surface area contributed by atoms with E-state index in [1.807, 2.05) is 28.7 Å². The second kappa shape index (κ2) is 6.03. The monoisotopic (exact) mass is 420 g/mol. The predicted octanol–water partition coefficient (Wildman–Crippen LogP) is 5.14. The molecular weight excluding hydrogens is 402 g/mol. The summed E-state index contributed by atoms with van der Waals surface area (Å²) >= 11 is 7.94. The smallest absolute Gasteiger partial charge is 0.138 e. The van der Waals surface area contributed by atoms with Crippen molar-refractivity contribution in [2.45, 2.75) is 45.6 Å². The molecule has 2 aromatic rings. The first-order valence-corrected chi connectivity index (χ1v) is 9.10. The molecule has 0 aliphatic heterocycles. The van der Waals surface area contributed by atoms with Crippen LogP contribution in [-0.4, -0.2) is 15.4 Å². The number of halogens is 3. The fraction of sp³-hybridized carbons (Fsp3) is 0.562. The predicted molar refractivity (Wildman–Crippen MR) is 93.4 cm³/mol. The Morgan fingerprint density at radius 3 is 2.76 bits per heavy atom. The highest BCUT2D eigenvalue weighted by atomic mass is 127. The molecular formula is C16H19ClFIN2. The highest BCUT2D eigenvalue weighted by molar-refractivity contribution is 14.1. The van der Waals surface area contributed by atoms with Crippen LogP contribution in [0.3, 0.4) is 0 Å². The van der Waals surface area contributed by atoms with Crippen LogP contribution in [0.15, 0.2) is 12.1 Å². The third kappa shape index (κ3) is 2.81. The van der Waals surface area contributed by atoms with Crippen LogP contribution in [0.2, 0.25) is 0 Å². The van der Waals surface area contributed by atoms with Crippen molar-refractivity contribution < 1.29 is 4.39 Å². The summed E-state index contributed by atoms with van der Waals surface area (Å²) in [6.07, 6.45) is 5.72. The van der Waals surface area contributed by atoms with Gasteiger partial charge in [0, 0.05) is 24.9 Å². The summed E-state index contributed by atoms with van der Waals surface area (Å²) < 4.78 is 16.8. The number of benzene rings is 1. The fourth-order valence-electron chi connectivity index (χ4n) is 3.26. The molecule has 1 saturated carbocycles. The lowest BCUT2D eigenvalue weighted by Gasteiger charge is -2.42. The average Bonchev–Trinajstić information content (AvgIpc) is 2.72.